The van der Waals surface area contributed by atoms with Crippen molar-refractivity contribution in [3.05, 3.63) is 40.4 Å². The van der Waals surface area contributed by atoms with Crippen LogP contribution in [-0.4, -0.2) is 53.7 Å². The lowest BCUT2D eigenvalue weighted by Crippen LogP contribution is -2.42. The average molecular weight is 472 g/mol. The molecule has 0 bridgehead atoms. The van der Waals surface area contributed by atoms with E-state index >= 15 is 0 Å². The summed E-state index contributed by atoms with van der Waals surface area (Å²) in [5, 5.41) is 15.0. The molecular weight excluding hydrogens is 449 g/mol. The van der Waals surface area contributed by atoms with E-state index in [-0.39, 0.29) is 27.3 Å². The Labute approximate surface area is 186 Å². The second-order valence-electron chi connectivity index (χ2n) is 7.23. The molecule has 1 fully saturated rings. The summed E-state index contributed by atoms with van der Waals surface area (Å²) in [5.74, 6) is -0.585. The molecule has 3 N–H and O–H groups in total. The van der Waals surface area contributed by atoms with Crippen LogP contribution in [0.3, 0.4) is 0 Å². The maximum absolute atomic E-state index is 13.1. The first-order valence-corrected chi connectivity index (χ1v) is 10.7. The number of aliphatic hydroxyl groups is 1. The number of halogens is 3. The van der Waals surface area contributed by atoms with Crippen LogP contribution >= 0.6 is 11.3 Å². The number of likely N-dealkylation sites (tertiary alicyclic amines) is 1. The summed E-state index contributed by atoms with van der Waals surface area (Å²) in [6.45, 7) is 0.827. The molecule has 32 heavy (non-hydrogen) atoms. The quantitative estimate of drug-likeness (QED) is 0.553. The molecule has 0 aliphatic carbocycles. The molecule has 174 valence electrons. The predicted molar refractivity (Wildman–Crippen MR) is 113 cm³/mol. The number of hydrogen-bond donors (Lipinski definition) is 3. The van der Waals surface area contributed by atoms with Crippen LogP contribution in [-0.2, 0) is 17.5 Å². The Balaban J connectivity index is 1.51. The van der Waals surface area contributed by atoms with E-state index in [1.807, 2.05) is 0 Å². The summed E-state index contributed by atoms with van der Waals surface area (Å²) in [7, 11) is 1.20. The number of carbonyl (C=O) groups excluding carboxylic acids is 2. The van der Waals surface area contributed by atoms with Crippen molar-refractivity contribution in [1.82, 2.24) is 9.88 Å². The van der Waals surface area contributed by atoms with E-state index in [4.69, 9.17) is 0 Å². The number of nitrogens with one attached hydrogen (secondary N) is 2. The number of aromatic nitrogens is 1. The van der Waals surface area contributed by atoms with Gasteiger partial charge in [0.25, 0.3) is 0 Å². The third-order valence-corrected chi connectivity index (χ3v) is 6.10. The molecule has 1 aromatic carbocycles. The largest absolute Gasteiger partial charge is 0.464 e. The highest BCUT2D eigenvalue weighted by molar-refractivity contribution is 7.16. The number of piperidine rings is 1. The van der Waals surface area contributed by atoms with Gasteiger partial charge in [-0.25, -0.2) is 14.6 Å². The van der Waals surface area contributed by atoms with Crippen molar-refractivity contribution in [1.29, 1.82) is 0 Å². The van der Waals surface area contributed by atoms with Crippen molar-refractivity contribution >= 4 is 34.2 Å². The van der Waals surface area contributed by atoms with Gasteiger partial charge in [-0.1, -0.05) is 23.5 Å². The number of alkyl halides is 3. The average Bonchev–Trinajstić information content (AvgIpc) is 3.19. The molecule has 8 nitrogen and oxygen atoms in total. The summed E-state index contributed by atoms with van der Waals surface area (Å²) in [4.78, 5) is 30.1. The highest BCUT2D eigenvalue weighted by atomic mass is 32.1. The lowest BCUT2D eigenvalue weighted by molar-refractivity contribution is -0.137. The number of hydrogen-bond acceptors (Lipinski definition) is 7. The molecular formula is C20H23F3N4O4S. The van der Waals surface area contributed by atoms with E-state index in [2.05, 4.69) is 20.4 Å². The van der Waals surface area contributed by atoms with Gasteiger partial charge >= 0.3 is 18.2 Å². The Morgan fingerprint density at radius 2 is 1.97 bits per heavy atom. The first kappa shape index (κ1) is 23.8. The van der Waals surface area contributed by atoms with Crippen molar-refractivity contribution in [2.75, 3.05) is 37.4 Å². The molecule has 0 spiro atoms. The zero-order chi connectivity index (χ0) is 23.3. The van der Waals surface area contributed by atoms with Crippen LogP contribution in [0.25, 0.3) is 0 Å². The third kappa shape index (κ3) is 5.68. The minimum Gasteiger partial charge on any atom is -0.464 e. The number of esters is 1. The van der Waals surface area contributed by atoms with Crippen LogP contribution in [0.1, 0.15) is 33.8 Å². The van der Waals surface area contributed by atoms with Crippen LogP contribution in [0.4, 0.5) is 28.8 Å². The van der Waals surface area contributed by atoms with Gasteiger partial charge in [0, 0.05) is 25.3 Å². The van der Waals surface area contributed by atoms with Gasteiger partial charge in [0.15, 0.2) is 10.8 Å². The van der Waals surface area contributed by atoms with Crippen LogP contribution in [0.2, 0.25) is 0 Å². The summed E-state index contributed by atoms with van der Waals surface area (Å²) >= 11 is 0.983. The maximum atomic E-state index is 13.1. The molecule has 1 aliphatic rings. The number of anilines is 2. The first-order chi connectivity index (χ1) is 15.2. The zero-order valence-electron chi connectivity index (χ0n) is 17.2. The fourth-order valence-corrected chi connectivity index (χ4v) is 4.22. The number of urea groups is 1. The SMILES string of the molecule is COC(=O)c1nc(NC(=O)N2CCC(CNc3ccccc3C(F)(F)F)CC2)sc1CO. The van der Waals surface area contributed by atoms with Crippen molar-refractivity contribution in [3.63, 3.8) is 0 Å². The van der Waals surface area contributed by atoms with E-state index in [0.717, 1.165) is 17.4 Å². The number of ether oxygens (including phenoxy) is 1. The standard InChI is InChI=1S/C20H23F3N4O4S/c1-31-17(29)16-15(11-28)32-18(25-16)26-19(30)27-8-6-12(7-9-27)10-24-14-5-3-2-4-13(14)20(21,22)23/h2-5,12,24,28H,6-11H2,1H3,(H,25,26,30). The first-order valence-electron chi connectivity index (χ1n) is 9.87. The number of aliphatic hydroxyl groups excluding tert-OH is 1. The van der Waals surface area contributed by atoms with Gasteiger partial charge < -0.3 is 20.1 Å². The maximum Gasteiger partial charge on any atom is 0.418 e. The van der Waals surface area contributed by atoms with Gasteiger partial charge in [-0.3, -0.25) is 5.32 Å². The fraction of sp³-hybridized carbons (Fsp3) is 0.450. The molecule has 2 aromatic rings. The summed E-state index contributed by atoms with van der Waals surface area (Å²) in [6, 6.07) is 4.96. The van der Waals surface area contributed by atoms with Gasteiger partial charge in [0.1, 0.15) is 0 Å². The van der Waals surface area contributed by atoms with Crippen LogP contribution in [0.5, 0.6) is 0 Å². The molecule has 2 amide bonds. The van der Waals surface area contributed by atoms with Gasteiger partial charge in [-0.05, 0) is 30.9 Å². The summed E-state index contributed by atoms with van der Waals surface area (Å²) in [6.07, 6.45) is -3.17. The van der Waals surface area contributed by atoms with Crippen molar-refractivity contribution in [2.45, 2.75) is 25.6 Å². The van der Waals surface area contributed by atoms with Crippen molar-refractivity contribution in [3.8, 4) is 0 Å². The Bertz CT molecular complexity index is 959. The van der Waals surface area contributed by atoms with Gasteiger partial charge in [0.05, 0.1) is 24.2 Å². The number of methoxy groups -OCH3 is 1. The second-order valence-corrected chi connectivity index (χ2v) is 8.31. The molecule has 0 unspecified atom stereocenters. The van der Waals surface area contributed by atoms with Gasteiger partial charge in [-0.15, -0.1) is 0 Å². The van der Waals surface area contributed by atoms with Crippen molar-refractivity contribution < 1.29 is 32.6 Å². The number of benzene rings is 1. The lowest BCUT2D eigenvalue weighted by Gasteiger charge is -2.32. The Hall–Kier alpha value is -2.86. The molecule has 1 aromatic heterocycles. The molecule has 1 aliphatic heterocycles. The molecule has 0 saturated carbocycles. The third-order valence-electron chi connectivity index (χ3n) is 5.15. The minimum atomic E-state index is -4.43. The smallest absolute Gasteiger partial charge is 0.418 e. The molecule has 0 atom stereocenters. The van der Waals surface area contributed by atoms with E-state index < -0.39 is 30.3 Å². The molecule has 3 rings (SSSR count). The highest BCUT2D eigenvalue weighted by Crippen LogP contribution is 2.35. The normalized spacial score (nSPS) is 14.8. The molecule has 0 radical (unpaired) electrons. The number of thiazole rings is 1. The zero-order valence-corrected chi connectivity index (χ0v) is 18.1. The van der Waals surface area contributed by atoms with E-state index in [0.29, 0.717) is 32.5 Å². The highest BCUT2D eigenvalue weighted by Gasteiger charge is 2.33. The molecule has 2 heterocycles. The van der Waals surface area contributed by atoms with Gasteiger partial charge in [-0.2, -0.15) is 13.2 Å². The topological polar surface area (TPSA) is 104 Å². The molecule has 12 heteroatoms. The number of rotatable bonds is 6. The van der Waals surface area contributed by atoms with Crippen molar-refractivity contribution in [2.24, 2.45) is 5.92 Å². The van der Waals surface area contributed by atoms with E-state index in [9.17, 15) is 27.9 Å². The summed E-state index contributed by atoms with van der Waals surface area (Å²) < 4.78 is 43.9. The Kier molecular flexibility index (Phi) is 7.56. The monoisotopic (exact) mass is 472 g/mol. The number of amides is 2. The van der Waals surface area contributed by atoms with Crippen LogP contribution < -0.4 is 10.6 Å². The number of carbonyl (C=O) groups is 2. The summed E-state index contributed by atoms with van der Waals surface area (Å²) in [5.41, 5.74) is -0.696. The van der Waals surface area contributed by atoms with E-state index in [1.54, 1.807) is 11.0 Å². The Morgan fingerprint density at radius 3 is 2.59 bits per heavy atom. The minimum absolute atomic E-state index is 0.0424. The lowest BCUT2D eigenvalue weighted by atomic mass is 9.96. The van der Waals surface area contributed by atoms with Gasteiger partial charge in [0.2, 0.25) is 0 Å². The van der Waals surface area contributed by atoms with E-state index in [1.165, 1.54) is 19.2 Å². The number of nitrogens with zero attached hydrogens (tertiary/aromatic N) is 2. The van der Waals surface area contributed by atoms with Crippen LogP contribution in [0, 0.1) is 5.92 Å². The number of para-hydroxylation sites is 1. The second kappa shape index (κ2) is 10.2. The van der Waals surface area contributed by atoms with Crippen LogP contribution in [0.15, 0.2) is 24.3 Å². The molecule has 1 saturated heterocycles. The fourth-order valence-electron chi connectivity index (χ4n) is 3.42. The predicted octanol–water partition coefficient (Wildman–Crippen LogP) is 3.80. The Morgan fingerprint density at radius 1 is 1.28 bits per heavy atom.